The Morgan fingerprint density at radius 3 is 2.18 bits per heavy atom. The molecule has 2 atom stereocenters. The fourth-order valence-electron chi connectivity index (χ4n) is 2.43. The van der Waals surface area contributed by atoms with Gasteiger partial charge in [0.1, 0.15) is 6.10 Å². The van der Waals surface area contributed by atoms with Gasteiger partial charge in [-0.15, -0.1) is 0 Å². The molecule has 0 amide bonds. The summed E-state index contributed by atoms with van der Waals surface area (Å²) in [5.41, 5.74) is 0. The zero-order valence-electron chi connectivity index (χ0n) is 11.6. The molecule has 1 saturated heterocycles. The molecule has 1 aliphatic heterocycles. The topological polar surface area (TPSA) is 38.7 Å². The number of rotatable bonds is 8. The molecule has 0 bridgehead atoms. The maximum absolute atomic E-state index is 9.24. The van der Waals surface area contributed by atoms with Gasteiger partial charge in [0.15, 0.2) is 5.79 Å². The van der Waals surface area contributed by atoms with E-state index in [1.54, 1.807) is 0 Å². The Balaban J connectivity index is 2.13. The minimum atomic E-state index is -0.528. The van der Waals surface area contributed by atoms with Crippen molar-refractivity contribution in [1.29, 1.82) is 0 Å². The van der Waals surface area contributed by atoms with E-state index in [4.69, 9.17) is 9.47 Å². The van der Waals surface area contributed by atoms with Gasteiger partial charge in [-0.2, -0.15) is 0 Å². The molecule has 1 aliphatic rings. The number of unbranched alkanes of at least 4 members (excludes halogenated alkanes) is 5. The van der Waals surface area contributed by atoms with E-state index in [1.807, 2.05) is 13.8 Å². The summed E-state index contributed by atoms with van der Waals surface area (Å²) in [6, 6.07) is 0. The SMILES string of the molecule is CCCCCCCC[C@H]1OC(C)(C)O[C@@H]1CO. The lowest BCUT2D eigenvalue weighted by atomic mass is 10.0. The van der Waals surface area contributed by atoms with Crippen LogP contribution in [0.1, 0.15) is 65.7 Å². The van der Waals surface area contributed by atoms with E-state index in [1.165, 1.54) is 38.5 Å². The highest BCUT2D eigenvalue weighted by Crippen LogP contribution is 2.30. The molecule has 0 aromatic heterocycles. The molecule has 17 heavy (non-hydrogen) atoms. The van der Waals surface area contributed by atoms with Gasteiger partial charge >= 0.3 is 0 Å². The third kappa shape index (κ3) is 5.36. The quantitative estimate of drug-likeness (QED) is 0.666. The van der Waals surface area contributed by atoms with Gasteiger partial charge in [-0.1, -0.05) is 45.4 Å². The highest BCUT2D eigenvalue weighted by Gasteiger charge is 2.40. The molecule has 0 saturated carbocycles. The van der Waals surface area contributed by atoms with Crippen LogP contribution in [0.25, 0.3) is 0 Å². The summed E-state index contributed by atoms with van der Waals surface area (Å²) in [4.78, 5) is 0. The third-order valence-electron chi connectivity index (χ3n) is 3.31. The standard InChI is InChI=1S/C14H28O3/c1-4-5-6-7-8-9-10-12-13(11-15)17-14(2,3)16-12/h12-13,15H,4-11H2,1-3H3/t12-,13-/m1/s1. The van der Waals surface area contributed by atoms with Crippen molar-refractivity contribution >= 4 is 0 Å². The van der Waals surface area contributed by atoms with Crippen LogP contribution in [0.4, 0.5) is 0 Å². The Hall–Kier alpha value is -0.120. The second-order valence-corrected chi connectivity index (χ2v) is 5.45. The molecular weight excluding hydrogens is 216 g/mol. The number of aliphatic hydroxyl groups is 1. The second-order valence-electron chi connectivity index (χ2n) is 5.45. The fraction of sp³-hybridized carbons (Fsp3) is 1.00. The first kappa shape index (κ1) is 14.9. The summed E-state index contributed by atoms with van der Waals surface area (Å²) >= 11 is 0. The molecule has 0 aromatic rings. The largest absolute Gasteiger partial charge is 0.394 e. The van der Waals surface area contributed by atoms with E-state index in [0.29, 0.717) is 0 Å². The Kier molecular flexibility index (Phi) is 6.45. The molecular formula is C14H28O3. The summed E-state index contributed by atoms with van der Waals surface area (Å²) < 4.78 is 11.4. The smallest absolute Gasteiger partial charge is 0.163 e. The van der Waals surface area contributed by atoms with Crippen LogP contribution in [0.3, 0.4) is 0 Å². The number of hydrogen-bond acceptors (Lipinski definition) is 3. The summed E-state index contributed by atoms with van der Waals surface area (Å²) in [5.74, 6) is -0.528. The monoisotopic (exact) mass is 244 g/mol. The van der Waals surface area contributed by atoms with Crippen molar-refractivity contribution < 1.29 is 14.6 Å². The summed E-state index contributed by atoms with van der Waals surface area (Å²) in [6.07, 6.45) is 8.66. The Morgan fingerprint density at radius 1 is 0.941 bits per heavy atom. The molecule has 0 radical (unpaired) electrons. The Morgan fingerprint density at radius 2 is 1.53 bits per heavy atom. The highest BCUT2D eigenvalue weighted by molar-refractivity contribution is 4.80. The van der Waals surface area contributed by atoms with Gasteiger partial charge in [0.25, 0.3) is 0 Å². The van der Waals surface area contributed by atoms with Crippen molar-refractivity contribution in [2.75, 3.05) is 6.61 Å². The van der Waals surface area contributed by atoms with Gasteiger partial charge in [-0.05, 0) is 20.3 Å². The lowest BCUT2D eigenvalue weighted by molar-refractivity contribution is -0.149. The molecule has 0 unspecified atom stereocenters. The van der Waals surface area contributed by atoms with Crippen molar-refractivity contribution in [3.05, 3.63) is 0 Å². The van der Waals surface area contributed by atoms with Crippen LogP contribution in [-0.4, -0.2) is 29.7 Å². The van der Waals surface area contributed by atoms with Crippen LogP contribution in [-0.2, 0) is 9.47 Å². The second kappa shape index (κ2) is 7.34. The average molecular weight is 244 g/mol. The number of ether oxygens (including phenoxy) is 2. The minimum Gasteiger partial charge on any atom is -0.394 e. The lowest BCUT2D eigenvalue weighted by Gasteiger charge is -2.16. The Labute approximate surface area is 105 Å². The molecule has 1 rings (SSSR count). The van der Waals surface area contributed by atoms with Gasteiger partial charge in [0.05, 0.1) is 12.7 Å². The lowest BCUT2D eigenvalue weighted by Crippen LogP contribution is -2.26. The van der Waals surface area contributed by atoms with Crippen LogP contribution in [0, 0.1) is 0 Å². The van der Waals surface area contributed by atoms with Crippen molar-refractivity contribution in [1.82, 2.24) is 0 Å². The first-order chi connectivity index (χ1) is 8.09. The van der Waals surface area contributed by atoms with Crippen molar-refractivity contribution in [3.8, 4) is 0 Å². The maximum atomic E-state index is 9.24. The molecule has 0 spiro atoms. The first-order valence-electron chi connectivity index (χ1n) is 7.05. The Bertz CT molecular complexity index is 204. The predicted octanol–water partition coefficient (Wildman–Crippen LogP) is 3.25. The van der Waals surface area contributed by atoms with E-state index in [2.05, 4.69) is 6.92 Å². The molecule has 1 fully saturated rings. The minimum absolute atomic E-state index is 0.0595. The van der Waals surface area contributed by atoms with Crippen LogP contribution in [0.2, 0.25) is 0 Å². The van der Waals surface area contributed by atoms with Gasteiger partial charge < -0.3 is 14.6 Å². The zero-order valence-corrected chi connectivity index (χ0v) is 11.6. The molecule has 3 heteroatoms. The number of aliphatic hydroxyl groups excluding tert-OH is 1. The zero-order chi connectivity index (χ0) is 12.7. The van der Waals surface area contributed by atoms with Crippen LogP contribution < -0.4 is 0 Å². The van der Waals surface area contributed by atoms with Crippen molar-refractivity contribution in [2.45, 2.75) is 83.7 Å². The molecule has 0 aromatic carbocycles. The summed E-state index contributed by atoms with van der Waals surface area (Å²) in [5, 5.41) is 9.24. The van der Waals surface area contributed by atoms with Crippen molar-refractivity contribution in [3.63, 3.8) is 0 Å². The van der Waals surface area contributed by atoms with Crippen molar-refractivity contribution in [2.24, 2.45) is 0 Å². The van der Waals surface area contributed by atoms with Gasteiger partial charge in [-0.25, -0.2) is 0 Å². The van der Waals surface area contributed by atoms with Crippen LogP contribution in [0.5, 0.6) is 0 Å². The molecule has 0 aliphatic carbocycles. The normalized spacial score (nSPS) is 27.5. The predicted molar refractivity (Wildman–Crippen MR) is 68.9 cm³/mol. The van der Waals surface area contributed by atoms with E-state index in [-0.39, 0.29) is 18.8 Å². The van der Waals surface area contributed by atoms with E-state index in [0.717, 1.165) is 6.42 Å². The number of hydrogen-bond donors (Lipinski definition) is 1. The maximum Gasteiger partial charge on any atom is 0.163 e. The molecule has 3 nitrogen and oxygen atoms in total. The molecule has 1 heterocycles. The van der Waals surface area contributed by atoms with Gasteiger partial charge in [0, 0.05) is 0 Å². The summed E-state index contributed by atoms with van der Waals surface area (Å²) in [7, 11) is 0. The highest BCUT2D eigenvalue weighted by atomic mass is 16.8. The van der Waals surface area contributed by atoms with Crippen LogP contribution >= 0.6 is 0 Å². The van der Waals surface area contributed by atoms with Gasteiger partial charge in [-0.3, -0.25) is 0 Å². The van der Waals surface area contributed by atoms with Crippen LogP contribution in [0.15, 0.2) is 0 Å². The average Bonchev–Trinajstić information content (AvgIpc) is 2.58. The third-order valence-corrected chi connectivity index (χ3v) is 3.31. The molecule has 1 N–H and O–H groups in total. The van der Waals surface area contributed by atoms with Gasteiger partial charge in [0.2, 0.25) is 0 Å². The molecule has 102 valence electrons. The van der Waals surface area contributed by atoms with E-state index >= 15 is 0 Å². The van der Waals surface area contributed by atoms with E-state index < -0.39 is 5.79 Å². The fourth-order valence-corrected chi connectivity index (χ4v) is 2.43. The van der Waals surface area contributed by atoms with E-state index in [9.17, 15) is 5.11 Å². The first-order valence-corrected chi connectivity index (χ1v) is 7.05. The summed E-state index contributed by atoms with van der Waals surface area (Å²) in [6.45, 7) is 6.12.